The molecule has 32 heavy (non-hydrogen) atoms. The van der Waals surface area contributed by atoms with E-state index in [9.17, 15) is 9.59 Å². The number of benzene rings is 3. The summed E-state index contributed by atoms with van der Waals surface area (Å²) in [6.07, 6.45) is 0. The number of hydrogen-bond donors (Lipinski definition) is 1. The summed E-state index contributed by atoms with van der Waals surface area (Å²) in [7, 11) is 0. The van der Waals surface area contributed by atoms with Crippen LogP contribution < -0.4 is 10.2 Å². The van der Waals surface area contributed by atoms with Gasteiger partial charge in [-0.1, -0.05) is 67.4 Å². The first kappa shape index (κ1) is 22.1. The third-order valence-corrected chi connectivity index (χ3v) is 6.14. The van der Waals surface area contributed by atoms with Gasteiger partial charge in [-0.2, -0.15) is 0 Å². The minimum absolute atomic E-state index is 0.214. The lowest BCUT2D eigenvalue weighted by Gasteiger charge is -2.16. The summed E-state index contributed by atoms with van der Waals surface area (Å²) in [5.74, 6) is -0.462. The summed E-state index contributed by atoms with van der Waals surface area (Å²) >= 11 is 12.3. The molecule has 3 aromatic carbocycles. The van der Waals surface area contributed by atoms with Crippen LogP contribution in [0.3, 0.4) is 0 Å². The quantitative estimate of drug-likeness (QED) is 0.421. The molecule has 1 aliphatic rings. The Morgan fingerprint density at radius 2 is 1.50 bits per heavy atom. The van der Waals surface area contributed by atoms with Crippen LogP contribution in [0.4, 0.5) is 11.4 Å². The Morgan fingerprint density at radius 3 is 2.09 bits per heavy atom. The van der Waals surface area contributed by atoms with Crippen molar-refractivity contribution in [1.29, 1.82) is 0 Å². The highest BCUT2D eigenvalue weighted by Gasteiger charge is 2.40. The van der Waals surface area contributed by atoms with Gasteiger partial charge in [0, 0.05) is 15.7 Å². The van der Waals surface area contributed by atoms with Gasteiger partial charge in [-0.05, 0) is 65.9 Å². The lowest BCUT2D eigenvalue weighted by Crippen LogP contribution is -2.32. The average Bonchev–Trinajstić information content (AvgIpc) is 3.01. The van der Waals surface area contributed by atoms with Gasteiger partial charge in [-0.25, -0.2) is 4.90 Å². The molecule has 6 heteroatoms. The first-order valence-corrected chi connectivity index (χ1v) is 11.0. The first-order valence-electron chi connectivity index (χ1n) is 10.3. The highest BCUT2D eigenvalue weighted by molar-refractivity contribution is 6.46. The van der Waals surface area contributed by atoms with Gasteiger partial charge in [0.1, 0.15) is 5.70 Å². The van der Waals surface area contributed by atoms with Crippen LogP contribution in [0.15, 0.2) is 72.4 Å². The molecule has 0 radical (unpaired) electrons. The standard InChI is InChI=1S/C26H22Cl2N2O2/c1-15(2)17-7-11-20(12-8-17)29-24-23(18-5-9-19(27)10-6-18)25(31)30(26(24)32)21-13-4-16(3)22(28)14-21/h4-15,29H,1-3H3. The highest BCUT2D eigenvalue weighted by atomic mass is 35.5. The molecule has 0 bridgehead atoms. The average molecular weight is 465 g/mol. The van der Waals surface area contributed by atoms with E-state index < -0.39 is 11.8 Å². The second-order valence-corrected chi connectivity index (χ2v) is 8.88. The van der Waals surface area contributed by atoms with E-state index in [1.807, 2.05) is 31.2 Å². The van der Waals surface area contributed by atoms with Crippen molar-refractivity contribution in [2.45, 2.75) is 26.7 Å². The molecule has 1 N–H and O–H groups in total. The van der Waals surface area contributed by atoms with Crippen LogP contribution in [-0.2, 0) is 9.59 Å². The monoisotopic (exact) mass is 464 g/mol. The van der Waals surface area contributed by atoms with Crippen molar-refractivity contribution in [3.05, 3.63) is 99.2 Å². The van der Waals surface area contributed by atoms with Crippen molar-refractivity contribution in [3.8, 4) is 0 Å². The van der Waals surface area contributed by atoms with Crippen molar-refractivity contribution in [2.75, 3.05) is 10.2 Å². The second kappa shape index (κ2) is 8.81. The molecule has 0 fully saturated rings. The Bertz CT molecular complexity index is 1230. The van der Waals surface area contributed by atoms with Crippen LogP contribution in [-0.4, -0.2) is 11.8 Å². The number of aryl methyl sites for hydroxylation is 1. The first-order chi connectivity index (χ1) is 15.3. The molecule has 1 heterocycles. The highest BCUT2D eigenvalue weighted by Crippen LogP contribution is 2.35. The summed E-state index contributed by atoms with van der Waals surface area (Å²) in [4.78, 5) is 28.1. The maximum Gasteiger partial charge on any atom is 0.282 e. The third-order valence-electron chi connectivity index (χ3n) is 5.48. The minimum Gasteiger partial charge on any atom is -0.350 e. The van der Waals surface area contributed by atoms with Crippen molar-refractivity contribution < 1.29 is 9.59 Å². The molecule has 0 spiro atoms. The van der Waals surface area contributed by atoms with E-state index >= 15 is 0 Å². The Morgan fingerprint density at radius 1 is 0.844 bits per heavy atom. The van der Waals surface area contributed by atoms with Crippen molar-refractivity contribution in [3.63, 3.8) is 0 Å². The Kier molecular flexibility index (Phi) is 6.09. The van der Waals surface area contributed by atoms with Crippen molar-refractivity contribution in [1.82, 2.24) is 0 Å². The fourth-order valence-corrected chi connectivity index (χ4v) is 3.88. The van der Waals surface area contributed by atoms with Crippen LogP contribution in [0, 0.1) is 6.92 Å². The fraction of sp³-hybridized carbons (Fsp3) is 0.154. The van der Waals surface area contributed by atoms with Gasteiger partial charge < -0.3 is 5.32 Å². The summed E-state index contributed by atoms with van der Waals surface area (Å²) in [5.41, 5.74) is 4.31. The van der Waals surface area contributed by atoms with E-state index in [2.05, 4.69) is 19.2 Å². The third kappa shape index (κ3) is 4.16. The van der Waals surface area contributed by atoms with Gasteiger partial charge in [-0.15, -0.1) is 0 Å². The van der Waals surface area contributed by atoms with E-state index in [0.29, 0.717) is 27.2 Å². The lowest BCUT2D eigenvalue weighted by atomic mass is 10.0. The maximum atomic E-state index is 13.5. The SMILES string of the molecule is Cc1ccc(N2C(=O)C(Nc3ccc(C(C)C)cc3)=C(c3ccc(Cl)cc3)C2=O)cc1Cl. The molecule has 3 aromatic rings. The molecule has 4 nitrogen and oxygen atoms in total. The molecular weight excluding hydrogens is 443 g/mol. The molecule has 4 rings (SSSR count). The summed E-state index contributed by atoms with van der Waals surface area (Å²) < 4.78 is 0. The zero-order valence-electron chi connectivity index (χ0n) is 17.9. The number of imide groups is 1. The van der Waals surface area contributed by atoms with E-state index in [0.717, 1.165) is 16.2 Å². The van der Waals surface area contributed by atoms with Gasteiger partial charge in [0.15, 0.2) is 0 Å². The van der Waals surface area contributed by atoms with Gasteiger partial charge in [0.25, 0.3) is 11.8 Å². The molecule has 162 valence electrons. The smallest absolute Gasteiger partial charge is 0.282 e. The number of anilines is 2. The summed E-state index contributed by atoms with van der Waals surface area (Å²) in [5, 5.41) is 4.21. The number of nitrogens with zero attached hydrogens (tertiary/aromatic N) is 1. The van der Waals surface area contributed by atoms with Gasteiger partial charge in [-0.3, -0.25) is 9.59 Å². The fourth-order valence-electron chi connectivity index (χ4n) is 3.58. The molecule has 0 aromatic heterocycles. The normalized spacial score (nSPS) is 14.0. The molecule has 0 atom stereocenters. The molecule has 0 unspecified atom stereocenters. The summed E-state index contributed by atoms with van der Waals surface area (Å²) in [6.45, 7) is 6.10. The Labute approximate surface area is 197 Å². The molecular formula is C26H22Cl2N2O2. The second-order valence-electron chi connectivity index (χ2n) is 8.04. The van der Waals surface area contributed by atoms with Crippen LogP contribution in [0.25, 0.3) is 5.57 Å². The zero-order valence-corrected chi connectivity index (χ0v) is 19.5. The largest absolute Gasteiger partial charge is 0.350 e. The molecule has 1 aliphatic heterocycles. The number of rotatable bonds is 5. The number of hydrogen-bond acceptors (Lipinski definition) is 3. The number of carbonyl (C=O) groups is 2. The number of halogens is 2. The van der Waals surface area contributed by atoms with Crippen LogP contribution >= 0.6 is 23.2 Å². The van der Waals surface area contributed by atoms with Crippen LogP contribution in [0.5, 0.6) is 0 Å². The van der Waals surface area contributed by atoms with E-state index in [1.165, 1.54) is 5.56 Å². The summed E-state index contributed by atoms with van der Waals surface area (Å²) in [6, 6.07) is 19.8. The Balaban J connectivity index is 1.78. The van der Waals surface area contributed by atoms with Gasteiger partial charge >= 0.3 is 0 Å². The predicted octanol–water partition coefficient (Wildman–Crippen LogP) is 6.82. The maximum absolute atomic E-state index is 13.5. The number of amides is 2. The molecule has 0 saturated heterocycles. The lowest BCUT2D eigenvalue weighted by molar-refractivity contribution is -0.120. The van der Waals surface area contributed by atoms with Crippen molar-refractivity contribution in [2.24, 2.45) is 0 Å². The molecule has 2 amide bonds. The van der Waals surface area contributed by atoms with E-state index in [4.69, 9.17) is 23.2 Å². The predicted molar refractivity (Wildman–Crippen MR) is 131 cm³/mol. The van der Waals surface area contributed by atoms with E-state index in [1.54, 1.807) is 42.5 Å². The van der Waals surface area contributed by atoms with Crippen molar-refractivity contribution >= 4 is 52.0 Å². The van der Waals surface area contributed by atoms with Crippen LogP contribution in [0.1, 0.15) is 36.5 Å². The van der Waals surface area contributed by atoms with Gasteiger partial charge in [0.05, 0.1) is 11.3 Å². The van der Waals surface area contributed by atoms with Crippen LogP contribution in [0.2, 0.25) is 10.0 Å². The zero-order chi connectivity index (χ0) is 23.0. The number of nitrogens with one attached hydrogen (secondary N) is 1. The number of carbonyl (C=O) groups excluding carboxylic acids is 2. The van der Waals surface area contributed by atoms with E-state index in [-0.39, 0.29) is 11.3 Å². The van der Waals surface area contributed by atoms with Gasteiger partial charge in [0.2, 0.25) is 0 Å². The topological polar surface area (TPSA) is 49.4 Å². The molecule has 0 aliphatic carbocycles. The Hall–Kier alpha value is -3.08. The minimum atomic E-state index is -0.437. The molecule has 0 saturated carbocycles.